The molecule has 0 N–H and O–H groups in total. The first-order valence-corrected chi connectivity index (χ1v) is 14.5. The fourth-order valence-corrected chi connectivity index (χ4v) is 4.69. The zero-order chi connectivity index (χ0) is 31.5. The van der Waals surface area contributed by atoms with E-state index in [2.05, 4.69) is 41.5 Å². The van der Waals surface area contributed by atoms with Crippen LogP contribution in [0.4, 0.5) is 8.78 Å². The lowest BCUT2D eigenvalue weighted by Gasteiger charge is -2.29. The first-order chi connectivity index (χ1) is 20.9. The Balaban J connectivity index is 1.55. The lowest BCUT2D eigenvalue weighted by atomic mass is 9.81. The number of benzene rings is 5. The molecule has 5 aromatic carbocycles. The van der Waals surface area contributed by atoms with Crippen molar-refractivity contribution < 1.29 is 27.7 Å². The quantitative estimate of drug-likeness (QED) is 0.179. The van der Waals surface area contributed by atoms with Crippen molar-refractivity contribution in [2.24, 2.45) is 0 Å². The van der Waals surface area contributed by atoms with Crippen molar-refractivity contribution in [2.45, 2.75) is 52.4 Å². The van der Waals surface area contributed by atoms with Gasteiger partial charge < -0.3 is 18.9 Å². The first-order valence-electron chi connectivity index (χ1n) is 14.5. The standard InChI is InChI=1S/C38H36F2O4/c1-37(2,3)29-23-36(44-34-20-10-8-18-32(34)42-28-16-12-14-26(40)22-28)30(38(4,5)6)24-35(29)43-33-19-9-7-17-31(33)41-27-15-11-13-25(39)21-27/h7-24H,1-6H3. The van der Waals surface area contributed by atoms with Gasteiger partial charge in [0.05, 0.1) is 0 Å². The van der Waals surface area contributed by atoms with E-state index >= 15 is 0 Å². The van der Waals surface area contributed by atoms with Gasteiger partial charge in [-0.3, -0.25) is 0 Å². The number of halogens is 2. The van der Waals surface area contributed by atoms with Crippen LogP contribution in [0.25, 0.3) is 0 Å². The summed E-state index contributed by atoms with van der Waals surface area (Å²) in [7, 11) is 0. The van der Waals surface area contributed by atoms with Crippen LogP contribution >= 0.6 is 0 Å². The highest BCUT2D eigenvalue weighted by molar-refractivity contribution is 5.56. The van der Waals surface area contributed by atoms with Crippen LogP contribution in [0.1, 0.15) is 52.7 Å². The molecule has 0 amide bonds. The molecule has 0 bridgehead atoms. The Morgan fingerprint density at radius 3 is 1.05 bits per heavy atom. The van der Waals surface area contributed by atoms with Gasteiger partial charge in [-0.25, -0.2) is 8.78 Å². The van der Waals surface area contributed by atoms with Crippen molar-refractivity contribution in [3.8, 4) is 46.0 Å². The van der Waals surface area contributed by atoms with Gasteiger partial charge in [0.15, 0.2) is 23.0 Å². The van der Waals surface area contributed by atoms with E-state index in [1.165, 1.54) is 24.3 Å². The van der Waals surface area contributed by atoms with Gasteiger partial charge in [0.25, 0.3) is 0 Å². The summed E-state index contributed by atoms with van der Waals surface area (Å²) in [5.74, 6) is 3.16. The van der Waals surface area contributed by atoms with Crippen LogP contribution in [-0.2, 0) is 10.8 Å². The topological polar surface area (TPSA) is 36.9 Å². The minimum Gasteiger partial charge on any atom is -0.453 e. The molecule has 0 aliphatic heterocycles. The molecule has 5 aromatic rings. The minimum absolute atomic E-state index is 0.334. The third kappa shape index (κ3) is 7.38. The Kier molecular flexibility index (Phi) is 8.63. The maximum Gasteiger partial charge on any atom is 0.169 e. The lowest BCUT2D eigenvalue weighted by molar-refractivity contribution is 0.394. The van der Waals surface area contributed by atoms with Gasteiger partial charge in [-0.15, -0.1) is 0 Å². The highest BCUT2D eigenvalue weighted by atomic mass is 19.1. The van der Waals surface area contributed by atoms with Crippen molar-refractivity contribution in [2.75, 3.05) is 0 Å². The van der Waals surface area contributed by atoms with Crippen LogP contribution in [-0.4, -0.2) is 0 Å². The van der Waals surface area contributed by atoms with Gasteiger partial charge in [-0.1, -0.05) is 77.9 Å². The SMILES string of the molecule is CC(C)(C)c1cc(Oc2ccccc2Oc2cccc(F)c2)c(C(C)(C)C)cc1Oc1ccccc1Oc1cccc(F)c1. The van der Waals surface area contributed by atoms with Crippen molar-refractivity contribution in [1.82, 2.24) is 0 Å². The largest absolute Gasteiger partial charge is 0.453 e. The van der Waals surface area contributed by atoms with Gasteiger partial charge in [0.2, 0.25) is 0 Å². The normalized spacial score (nSPS) is 11.6. The summed E-state index contributed by atoms with van der Waals surface area (Å²) in [6.45, 7) is 12.6. The number of hydrogen-bond acceptors (Lipinski definition) is 4. The molecule has 0 aromatic heterocycles. The highest BCUT2D eigenvalue weighted by Crippen LogP contribution is 2.46. The zero-order valence-electron chi connectivity index (χ0n) is 25.8. The summed E-state index contributed by atoms with van der Waals surface area (Å²) in [6, 6.07) is 30.6. The molecule has 6 heteroatoms. The van der Waals surface area contributed by atoms with E-state index in [0.717, 1.165) is 11.1 Å². The molecule has 0 radical (unpaired) electrons. The molecule has 0 saturated carbocycles. The van der Waals surface area contributed by atoms with Crippen LogP contribution in [0.5, 0.6) is 46.0 Å². The Bertz CT molecular complexity index is 1640. The van der Waals surface area contributed by atoms with Crippen molar-refractivity contribution in [3.05, 3.63) is 132 Å². The van der Waals surface area contributed by atoms with Crippen LogP contribution in [0.3, 0.4) is 0 Å². The molecular formula is C38H36F2O4. The molecular weight excluding hydrogens is 558 g/mol. The molecule has 0 spiro atoms. The molecule has 0 unspecified atom stereocenters. The average molecular weight is 595 g/mol. The third-order valence-corrected chi connectivity index (χ3v) is 6.88. The maximum atomic E-state index is 13.9. The van der Waals surface area contributed by atoms with E-state index in [1.807, 2.05) is 48.5 Å². The van der Waals surface area contributed by atoms with Crippen LogP contribution in [0.15, 0.2) is 109 Å². The monoisotopic (exact) mass is 594 g/mol. The number of hydrogen-bond donors (Lipinski definition) is 0. The Morgan fingerprint density at radius 1 is 0.386 bits per heavy atom. The van der Waals surface area contributed by atoms with E-state index < -0.39 is 0 Å². The summed E-state index contributed by atoms with van der Waals surface area (Å²) in [6.07, 6.45) is 0. The van der Waals surface area contributed by atoms with E-state index in [0.29, 0.717) is 46.0 Å². The number of rotatable bonds is 8. The third-order valence-electron chi connectivity index (χ3n) is 6.88. The second kappa shape index (κ2) is 12.4. The summed E-state index contributed by atoms with van der Waals surface area (Å²) in [5.41, 5.74) is 1.15. The van der Waals surface area contributed by atoms with Gasteiger partial charge in [0, 0.05) is 23.3 Å². The molecule has 0 atom stereocenters. The van der Waals surface area contributed by atoms with E-state index in [-0.39, 0.29) is 22.5 Å². The fraction of sp³-hybridized carbons (Fsp3) is 0.211. The Labute approximate surface area is 257 Å². The van der Waals surface area contributed by atoms with Crippen molar-refractivity contribution in [1.29, 1.82) is 0 Å². The van der Waals surface area contributed by atoms with Gasteiger partial charge >= 0.3 is 0 Å². The molecule has 5 rings (SSSR count). The van der Waals surface area contributed by atoms with Gasteiger partial charge in [-0.2, -0.15) is 0 Å². The van der Waals surface area contributed by atoms with Crippen LogP contribution < -0.4 is 18.9 Å². The van der Waals surface area contributed by atoms with Crippen LogP contribution in [0, 0.1) is 11.6 Å². The number of para-hydroxylation sites is 4. The summed E-state index contributed by atoms with van der Waals surface area (Å²) >= 11 is 0. The molecule has 0 saturated heterocycles. The maximum absolute atomic E-state index is 13.9. The highest BCUT2D eigenvalue weighted by Gasteiger charge is 2.28. The summed E-state index contributed by atoms with van der Waals surface area (Å²) < 4.78 is 53.0. The van der Waals surface area contributed by atoms with Gasteiger partial charge in [-0.05, 0) is 71.5 Å². The summed E-state index contributed by atoms with van der Waals surface area (Å²) in [4.78, 5) is 0. The predicted octanol–water partition coefficient (Wildman–Crippen LogP) is 11.7. The molecule has 44 heavy (non-hydrogen) atoms. The molecule has 0 heterocycles. The lowest BCUT2D eigenvalue weighted by Crippen LogP contribution is -2.17. The second-order valence-corrected chi connectivity index (χ2v) is 12.6. The Morgan fingerprint density at radius 2 is 0.727 bits per heavy atom. The zero-order valence-corrected chi connectivity index (χ0v) is 25.8. The Hall–Kier alpha value is -4.84. The first kappa shape index (κ1) is 30.6. The fourth-order valence-electron chi connectivity index (χ4n) is 4.69. The van der Waals surface area contributed by atoms with Crippen molar-refractivity contribution in [3.63, 3.8) is 0 Å². The minimum atomic E-state index is -0.385. The second-order valence-electron chi connectivity index (χ2n) is 12.6. The predicted molar refractivity (Wildman–Crippen MR) is 170 cm³/mol. The molecule has 4 nitrogen and oxygen atoms in total. The molecule has 0 fully saturated rings. The summed E-state index contributed by atoms with van der Waals surface area (Å²) in [5, 5.41) is 0. The molecule has 0 aliphatic rings. The van der Waals surface area contributed by atoms with E-state index in [9.17, 15) is 8.78 Å². The smallest absolute Gasteiger partial charge is 0.169 e. The average Bonchev–Trinajstić information content (AvgIpc) is 2.94. The van der Waals surface area contributed by atoms with E-state index in [4.69, 9.17) is 18.9 Å². The van der Waals surface area contributed by atoms with Crippen molar-refractivity contribution >= 4 is 0 Å². The van der Waals surface area contributed by atoms with Gasteiger partial charge in [0.1, 0.15) is 34.6 Å². The van der Waals surface area contributed by atoms with Crippen LogP contribution in [0.2, 0.25) is 0 Å². The molecule has 0 aliphatic carbocycles. The number of ether oxygens (including phenoxy) is 4. The molecule has 226 valence electrons. The van der Waals surface area contributed by atoms with E-state index in [1.54, 1.807) is 36.4 Å².